The largest absolute Gasteiger partial charge is 0.493 e. The van der Waals surface area contributed by atoms with Crippen molar-refractivity contribution < 1.29 is 33.2 Å². The summed E-state index contributed by atoms with van der Waals surface area (Å²) in [6.07, 6.45) is 20.2. The van der Waals surface area contributed by atoms with Gasteiger partial charge >= 0.3 is 0 Å². The van der Waals surface area contributed by atoms with Crippen molar-refractivity contribution in [2.24, 2.45) is 11.8 Å². The summed E-state index contributed by atoms with van der Waals surface area (Å²) in [6.45, 7) is 21.7. The van der Waals surface area contributed by atoms with Crippen molar-refractivity contribution in [1.82, 2.24) is 0 Å². The summed E-state index contributed by atoms with van der Waals surface area (Å²) < 4.78 is 42.1. The maximum atomic E-state index is 8.37. The number of hydrogen-bond donors (Lipinski definition) is 0. The van der Waals surface area contributed by atoms with Crippen LogP contribution in [-0.4, -0.2) is 54.9 Å². The van der Waals surface area contributed by atoms with Crippen molar-refractivity contribution in [2.45, 2.75) is 194 Å². The van der Waals surface area contributed by atoms with Crippen LogP contribution in [0.3, 0.4) is 0 Å². The molecule has 0 saturated heterocycles. The van der Waals surface area contributed by atoms with E-state index in [9.17, 15) is 0 Å². The Hall–Kier alpha value is -4.04. The number of benzene rings is 4. The van der Waals surface area contributed by atoms with E-state index in [1.54, 1.807) is 28.4 Å². The average Bonchev–Trinajstić information content (AvgIpc) is 3.37. The van der Waals surface area contributed by atoms with Gasteiger partial charge in [0.05, 0.1) is 38.6 Å². The van der Waals surface area contributed by atoms with Gasteiger partial charge in [-0.05, 0) is 120 Å². The van der Waals surface area contributed by atoms with Crippen LogP contribution < -0.4 is 18.9 Å². The number of ether oxygens (including phenoxy) is 7. The van der Waals surface area contributed by atoms with E-state index in [0.717, 1.165) is 74.4 Å². The highest BCUT2D eigenvalue weighted by molar-refractivity contribution is 5.44. The molecular weight excluding hydrogens is 881 g/mol. The Labute approximate surface area is 433 Å². The molecule has 0 aromatic heterocycles. The third-order valence-electron chi connectivity index (χ3n) is 14.8. The van der Waals surface area contributed by atoms with Crippen molar-refractivity contribution in [3.8, 4) is 23.0 Å². The van der Waals surface area contributed by atoms with E-state index in [1.807, 2.05) is 12.1 Å². The highest BCUT2D eigenvalue weighted by Crippen LogP contribution is 2.52. The summed E-state index contributed by atoms with van der Waals surface area (Å²) in [5, 5.41) is 0. The van der Waals surface area contributed by atoms with Crippen molar-refractivity contribution in [3.63, 3.8) is 0 Å². The SMILES string of the molecule is COCCCOc1cc(CCCCCCCCC(OC(CCCCCCCCc2ccc(OC)c(OCCCOC)c2)(c2ccccc2C(C)C)C(C)C)(c2ccccc2C(C)C)C(C)C)ccc1OC. The lowest BCUT2D eigenvalue weighted by atomic mass is 9.71. The molecule has 0 N–H and O–H groups in total. The van der Waals surface area contributed by atoms with E-state index in [-0.39, 0.29) is 11.8 Å². The maximum absolute atomic E-state index is 8.37. The van der Waals surface area contributed by atoms with Gasteiger partial charge in [-0.25, -0.2) is 0 Å². The van der Waals surface area contributed by atoms with E-state index in [4.69, 9.17) is 33.2 Å². The van der Waals surface area contributed by atoms with E-state index in [0.29, 0.717) is 38.3 Å². The maximum Gasteiger partial charge on any atom is 0.161 e. The lowest BCUT2D eigenvalue weighted by molar-refractivity contribution is -0.218. The van der Waals surface area contributed by atoms with Crippen LogP contribution in [0, 0.1) is 11.8 Å². The zero-order valence-corrected chi connectivity index (χ0v) is 46.8. The first-order valence-electron chi connectivity index (χ1n) is 27.8. The molecule has 0 aliphatic rings. The van der Waals surface area contributed by atoms with Gasteiger partial charge in [-0.15, -0.1) is 0 Å². The fourth-order valence-corrected chi connectivity index (χ4v) is 10.6. The van der Waals surface area contributed by atoms with Crippen LogP contribution in [0.25, 0.3) is 0 Å². The molecule has 396 valence electrons. The molecule has 4 aromatic rings. The molecule has 0 heterocycles. The smallest absolute Gasteiger partial charge is 0.161 e. The Kier molecular flexibility index (Phi) is 27.0. The van der Waals surface area contributed by atoms with Crippen LogP contribution in [0.1, 0.15) is 203 Å². The van der Waals surface area contributed by atoms with Gasteiger partial charge < -0.3 is 33.2 Å². The summed E-state index contributed by atoms with van der Waals surface area (Å²) in [5.74, 6) is 4.56. The zero-order valence-electron chi connectivity index (χ0n) is 46.8. The normalized spacial score (nSPS) is 13.5. The first kappa shape index (κ1) is 59.5. The zero-order chi connectivity index (χ0) is 51.5. The first-order valence-corrected chi connectivity index (χ1v) is 27.8. The predicted octanol–water partition coefficient (Wildman–Crippen LogP) is 17.1. The molecule has 0 bridgehead atoms. The number of unbranched alkanes of at least 4 members (excludes halogenated alkanes) is 10. The third-order valence-corrected chi connectivity index (χ3v) is 14.8. The molecule has 0 aliphatic heterocycles. The molecule has 2 atom stereocenters. The highest BCUT2D eigenvalue weighted by Gasteiger charge is 2.49. The Bertz CT molecular complexity index is 1910. The molecule has 7 heteroatoms. The van der Waals surface area contributed by atoms with Gasteiger partial charge in [0.2, 0.25) is 0 Å². The number of aryl methyl sites for hydroxylation is 2. The Morgan fingerprint density at radius 3 is 1.10 bits per heavy atom. The Morgan fingerprint density at radius 1 is 0.380 bits per heavy atom. The topological polar surface area (TPSA) is 64.6 Å². The van der Waals surface area contributed by atoms with Gasteiger partial charge in [0.25, 0.3) is 0 Å². The molecule has 0 aliphatic carbocycles. The summed E-state index contributed by atoms with van der Waals surface area (Å²) in [5.41, 5.74) is 7.31. The summed E-state index contributed by atoms with van der Waals surface area (Å²) >= 11 is 0. The predicted molar refractivity (Wildman–Crippen MR) is 297 cm³/mol. The average molecular weight is 979 g/mol. The highest BCUT2D eigenvalue weighted by atomic mass is 16.5. The second-order valence-electron chi connectivity index (χ2n) is 21.3. The van der Waals surface area contributed by atoms with Crippen LogP contribution in [0.5, 0.6) is 23.0 Å². The molecule has 0 amide bonds. The molecule has 0 saturated carbocycles. The first-order chi connectivity index (χ1) is 34.4. The fourth-order valence-electron chi connectivity index (χ4n) is 10.6. The van der Waals surface area contributed by atoms with Crippen molar-refractivity contribution in [2.75, 3.05) is 54.9 Å². The standard InChI is InChI=1S/C64H98O7/c1-49(2)55-33-23-25-35-57(55)63(51(5)6,41-27-19-15-13-17-21-31-53-37-39-59(67-11)61(47-53)69-45-29-43-65-9)71-64(52(7)8,58-36-26-24-34-56(58)50(3)4)42-28-20-16-14-18-22-32-54-38-40-60(68-12)62(48-54)70-46-30-44-66-10/h23-26,33-40,47-52H,13-22,27-32,41-46H2,1-12H3. The quantitative estimate of drug-likeness (QED) is 0.0415. The lowest BCUT2D eigenvalue weighted by Crippen LogP contribution is -2.48. The Morgan fingerprint density at radius 2 is 0.746 bits per heavy atom. The minimum Gasteiger partial charge on any atom is -0.493 e. The molecular formula is C64H98O7. The van der Waals surface area contributed by atoms with Gasteiger partial charge in [-0.1, -0.05) is 180 Å². The summed E-state index contributed by atoms with van der Waals surface area (Å²) in [7, 11) is 6.87. The van der Waals surface area contributed by atoms with Gasteiger partial charge in [-0.3, -0.25) is 0 Å². The second kappa shape index (κ2) is 32.2. The third kappa shape index (κ3) is 18.1. The van der Waals surface area contributed by atoms with Crippen LogP contribution in [-0.2, 0) is 38.3 Å². The van der Waals surface area contributed by atoms with E-state index < -0.39 is 11.2 Å². The van der Waals surface area contributed by atoms with E-state index in [1.165, 1.54) is 97.6 Å². The van der Waals surface area contributed by atoms with Gasteiger partial charge in [0.15, 0.2) is 23.0 Å². The van der Waals surface area contributed by atoms with Crippen molar-refractivity contribution in [1.29, 1.82) is 0 Å². The lowest BCUT2D eigenvalue weighted by Gasteiger charge is -2.51. The van der Waals surface area contributed by atoms with Crippen molar-refractivity contribution in [3.05, 3.63) is 118 Å². The number of methoxy groups -OCH3 is 4. The minimum absolute atomic E-state index is 0.272. The van der Waals surface area contributed by atoms with E-state index >= 15 is 0 Å². The monoisotopic (exact) mass is 979 g/mol. The molecule has 2 unspecified atom stereocenters. The van der Waals surface area contributed by atoms with Crippen LogP contribution in [0.4, 0.5) is 0 Å². The fraction of sp³-hybridized carbons (Fsp3) is 0.625. The number of hydrogen-bond acceptors (Lipinski definition) is 7. The van der Waals surface area contributed by atoms with Gasteiger partial charge in [0.1, 0.15) is 0 Å². The molecule has 4 aromatic carbocycles. The summed E-state index contributed by atoms with van der Waals surface area (Å²) in [4.78, 5) is 0. The molecule has 0 radical (unpaired) electrons. The molecule has 0 spiro atoms. The van der Waals surface area contributed by atoms with Gasteiger partial charge in [-0.2, -0.15) is 0 Å². The molecule has 7 nitrogen and oxygen atoms in total. The van der Waals surface area contributed by atoms with Gasteiger partial charge in [0, 0.05) is 40.3 Å². The molecule has 0 fully saturated rings. The summed E-state index contributed by atoms with van der Waals surface area (Å²) in [6, 6.07) is 31.3. The molecule has 4 rings (SSSR count). The molecule has 71 heavy (non-hydrogen) atoms. The van der Waals surface area contributed by atoms with Crippen molar-refractivity contribution >= 4 is 0 Å². The van der Waals surface area contributed by atoms with Crippen LogP contribution in [0.2, 0.25) is 0 Å². The van der Waals surface area contributed by atoms with Crippen LogP contribution in [0.15, 0.2) is 84.9 Å². The van der Waals surface area contributed by atoms with E-state index in [2.05, 4.69) is 128 Å². The number of rotatable bonds is 38. The Balaban J connectivity index is 1.48. The second-order valence-corrected chi connectivity index (χ2v) is 21.3. The van der Waals surface area contributed by atoms with Crippen LogP contribution >= 0.6 is 0 Å². The minimum atomic E-state index is -0.455.